The minimum absolute atomic E-state index is 0.0488. The van der Waals surface area contributed by atoms with E-state index in [4.69, 9.17) is 30.6 Å². The number of carbonyl (C=O) groups excluding carboxylic acids is 2. The Labute approximate surface area is 201 Å². The van der Waals surface area contributed by atoms with Crippen LogP contribution in [0, 0.1) is 0 Å². The van der Waals surface area contributed by atoms with Gasteiger partial charge in [0, 0.05) is 11.1 Å². The van der Waals surface area contributed by atoms with E-state index in [1.54, 1.807) is 13.0 Å². The Hall–Kier alpha value is -3.41. The molecule has 1 saturated heterocycles. The van der Waals surface area contributed by atoms with Gasteiger partial charge in [-0.1, -0.05) is 18.2 Å². The maximum absolute atomic E-state index is 12.2. The summed E-state index contributed by atoms with van der Waals surface area (Å²) < 4.78 is 16.4. The summed E-state index contributed by atoms with van der Waals surface area (Å²) in [5.74, 6) is 0.369. The summed E-state index contributed by atoms with van der Waals surface area (Å²) in [5, 5.41) is 6.26. The zero-order chi connectivity index (χ0) is 24.5. The number of nitrogens with zero attached hydrogens (tertiary/aromatic N) is 2. The van der Waals surface area contributed by atoms with Gasteiger partial charge in [0.2, 0.25) is 11.9 Å². The van der Waals surface area contributed by atoms with Gasteiger partial charge in [0.1, 0.15) is 12.4 Å². The number of hydrogen-bond donors (Lipinski definition) is 3. The van der Waals surface area contributed by atoms with Crippen molar-refractivity contribution in [2.75, 3.05) is 32.2 Å². The molecule has 0 radical (unpaired) electrons. The predicted molar refractivity (Wildman–Crippen MR) is 124 cm³/mol. The first-order chi connectivity index (χ1) is 16.4. The summed E-state index contributed by atoms with van der Waals surface area (Å²) in [4.78, 5) is 37.3. The third-order valence-corrected chi connectivity index (χ3v) is 5.27. The Morgan fingerprint density at radius 2 is 2.00 bits per heavy atom. The SMILES string of the molecule is C=CC(=O)NC1COCC1Nc1ncc(OCc2cc(C(=O)NOCC)cc(OC)c2Cl)cn1. The molecule has 0 saturated carbocycles. The normalized spacial score (nSPS) is 17.0. The lowest BCUT2D eigenvalue weighted by molar-refractivity contribution is -0.117. The van der Waals surface area contributed by atoms with E-state index in [2.05, 4.69) is 32.7 Å². The molecule has 182 valence electrons. The number of carbonyl (C=O) groups is 2. The topological polar surface area (TPSA) is 133 Å². The number of anilines is 1. The van der Waals surface area contributed by atoms with Crippen molar-refractivity contribution in [3.63, 3.8) is 0 Å². The van der Waals surface area contributed by atoms with Gasteiger partial charge in [0.25, 0.3) is 5.91 Å². The number of halogens is 1. The van der Waals surface area contributed by atoms with Gasteiger partial charge in [-0.2, -0.15) is 0 Å². The molecule has 12 heteroatoms. The molecule has 11 nitrogen and oxygen atoms in total. The second kappa shape index (κ2) is 12.2. The number of aromatic nitrogens is 2. The van der Waals surface area contributed by atoms with E-state index in [0.717, 1.165) is 0 Å². The van der Waals surface area contributed by atoms with Crippen molar-refractivity contribution < 1.29 is 28.6 Å². The first-order valence-corrected chi connectivity index (χ1v) is 10.8. The highest BCUT2D eigenvalue weighted by atomic mass is 35.5. The summed E-state index contributed by atoms with van der Waals surface area (Å²) >= 11 is 6.38. The smallest absolute Gasteiger partial charge is 0.274 e. The molecule has 34 heavy (non-hydrogen) atoms. The average molecular weight is 492 g/mol. The molecule has 1 aromatic carbocycles. The number of rotatable bonds is 11. The number of benzene rings is 1. The molecular formula is C22H26ClN5O6. The van der Waals surface area contributed by atoms with Gasteiger partial charge in [0.05, 0.1) is 56.4 Å². The van der Waals surface area contributed by atoms with E-state index in [9.17, 15) is 9.59 Å². The number of hydroxylamine groups is 1. The fraction of sp³-hybridized carbons (Fsp3) is 0.364. The van der Waals surface area contributed by atoms with E-state index in [0.29, 0.717) is 53.4 Å². The molecule has 0 bridgehead atoms. The molecule has 0 aliphatic carbocycles. The molecule has 2 amide bonds. The van der Waals surface area contributed by atoms with Gasteiger partial charge in [-0.25, -0.2) is 15.4 Å². The summed E-state index contributed by atoms with van der Waals surface area (Å²) in [6.07, 6.45) is 4.21. The van der Waals surface area contributed by atoms with Crippen LogP contribution in [0.2, 0.25) is 5.02 Å². The summed E-state index contributed by atoms with van der Waals surface area (Å²) in [6.45, 7) is 6.36. The highest BCUT2D eigenvalue weighted by Crippen LogP contribution is 2.31. The first-order valence-electron chi connectivity index (χ1n) is 10.5. The fourth-order valence-electron chi connectivity index (χ4n) is 3.11. The largest absolute Gasteiger partial charge is 0.495 e. The Morgan fingerprint density at radius 1 is 1.26 bits per heavy atom. The second-order valence-corrected chi connectivity index (χ2v) is 7.53. The molecule has 0 spiro atoms. The molecule has 2 heterocycles. The average Bonchev–Trinajstić information content (AvgIpc) is 3.28. The minimum Gasteiger partial charge on any atom is -0.495 e. The standard InChI is InChI=1S/C22H26ClN5O6/c1-4-19(29)26-16-11-32-12-17(16)27-22-24-8-15(9-25-22)33-10-14-6-13(21(30)28-34-5-2)7-18(31-3)20(14)23/h4,6-9,16-17H,1,5,10-12H2,2-3H3,(H,26,29)(H,28,30)(H,24,25,27). The number of ether oxygens (including phenoxy) is 3. The first kappa shape index (κ1) is 25.2. The van der Waals surface area contributed by atoms with Crippen LogP contribution >= 0.6 is 11.6 Å². The van der Waals surface area contributed by atoms with Crippen molar-refractivity contribution in [3.05, 3.63) is 53.3 Å². The third-order valence-electron chi connectivity index (χ3n) is 4.84. The van der Waals surface area contributed by atoms with Crippen molar-refractivity contribution in [2.24, 2.45) is 0 Å². The van der Waals surface area contributed by atoms with E-state index < -0.39 is 5.91 Å². The zero-order valence-electron chi connectivity index (χ0n) is 18.8. The lowest BCUT2D eigenvalue weighted by Crippen LogP contribution is -2.45. The predicted octanol–water partition coefficient (Wildman–Crippen LogP) is 1.88. The molecule has 2 aromatic rings. The van der Waals surface area contributed by atoms with Crippen LogP contribution in [0.5, 0.6) is 11.5 Å². The molecule has 2 atom stereocenters. The molecule has 1 fully saturated rings. The van der Waals surface area contributed by atoms with Crippen LogP contribution in [0.25, 0.3) is 0 Å². The Kier molecular flexibility index (Phi) is 9.02. The van der Waals surface area contributed by atoms with Gasteiger partial charge < -0.3 is 24.8 Å². The summed E-state index contributed by atoms with van der Waals surface area (Å²) in [7, 11) is 1.46. The molecule has 3 rings (SSSR count). The van der Waals surface area contributed by atoms with Gasteiger partial charge in [-0.05, 0) is 25.1 Å². The fourth-order valence-corrected chi connectivity index (χ4v) is 3.35. The Morgan fingerprint density at radius 3 is 2.68 bits per heavy atom. The quantitative estimate of drug-likeness (QED) is 0.318. The lowest BCUT2D eigenvalue weighted by atomic mass is 10.1. The molecule has 3 N–H and O–H groups in total. The monoisotopic (exact) mass is 491 g/mol. The minimum atomic E-state index is -0.435. The van der Waals surface area contributed by atoms with Gasteiger partial charge in [-0.3, -0.25) is 14.4 Å². The Bertz CT molecular complexity index is 1020. The highest BCUT2D eigenvalue weighted by Gasteiger charge is 2.29. The van der Waals surface area contributed by atoms with Crippen molar-refractivity contribution in [1.82, 2.24) is 20.8 Å². The van der Waals surface area contributed by atoms with Crippen molar-refractivity contribution >= 4 is 29.4 Å². The van der Waals surface area contributed by atoms with Gasteiger partial charge >= 0.3 is 0 Å². The zero-order valence-corrected chi connectivity index (χ0v) is 19.6. The number of nitrogens with one attached hydrogen (secondary N) is 3. The van der Waals surface area contributed by atoms with E-state index in [1.165, 1.54) is 31.6 Å². The second-order valence-electron chi connectivity index (χ2n) is 7.15. The number of hydrogen-bond acceptors (Lipinski definition) is 9. The Balaban J connectivity index is 1.63. The maximum atomic E-state index is 12.2. The molecule has 1 aliphatic rings. The van der Waals surface area contributed by atoms with Gasteiger partial charge in [0.15, 0.2) is 5.75 Å². The third kappa shape index (κ3) is 6.56. The molecular weight excluding hydrogens is 466 g/mol. The lowest BCUT2D eigenvalue weighted by Gasteiger charge is -2.19. The highest BCUT2D eigenvalue weighted by molar-refractivity contribution is 6.33. The van der Waals surface area contributed by atoms with E-state index >= 15 is 0 Å². The van der Waals surface area contributed by atoms with Crippen molar-refractivity contribution in [2.45, 2.75) is 25.6 Å². The van der Waals surface area contributed by atoms with E-state index in [-0.39, 0.29) is 24.6 Å². The maximum Gasteiger partial charge on any atom is 0.274 e. The summed E-state index contributed by atoms with van der Waals surface area (Å²) in [6, 6.07) is 2.69. The van der Waals surface area contributed by atoms with Crippen LogP contribution in [0.15, 0.2) is 37.2 Å². The van der Waals surface area contributed by atoms with Crippen LogP contribution in [-0.4, -0.2) is 60.8 Å². The molecule has 2 unspecified atom stereocenters. The van der Waals surface area contributed by atoms with Crippen molar-refractivity contribution in [3.8, 4) is 11.5 Å². The number of methoxy groups -OCH3 is 1. The van der Waals surface area contributed by atoms with E-state index in [1.807, 2.05) is 0 Å². The van der Waals surface area contributed by atoms with Crippen LogP contribution in [0.1, 0.15) is 22.8 Å². The van der Waals surface area contributed by atoms with Crippen LogP contribution < -0.4 is 25.6 Å². The van der Waals surface area contributed by atoms with Crippen LogP contribution in [-0.2, 0) is 21.0 Å². The molecule has 1 aromatic heterocycles. The summed E-state index contributed by atoms with van der Waals surface area (Å²) in [5.41, 5.74) is 3.17. The van der Waals surface area contributed by atoms with Crippen LogP contribution in [0.4, 0.5) is 5.95 Å². The van der Waals surface area contributed by atoms with Gasteiger partial charge in [-0.15, -0.1) is 0 Å². The van der Waals surface area contributed by atoms with Crippen molar-refractivity contribution in [1.29, 1.82) is 0 Å². The van der Waals surface area contributed by atoms with Crippen LogP contribution in [0.3, 0.4) is 0 Å². The molecule has 1 aliphatic heterocycles. The number of amides is 2.